The second-order valence-corrected chi connectivity index (χ2v) is 7.43. The molecular formula is C20H36O4. The molecule has 0 saturated heterocycles. The zero-order valence-corrected chi connectivity index (χ0v) is 15.9. The van der Waals surface area contributed by atoms with E-state index in [2.05, 4.69) is 13.8 Å². The summed E-state index contributed by atoms with van der Waals surface area (Å²) in [6.07, 6.45) is 10.3. The van der Waals surface area contributed by atoms with Crippen molar-refractivity contribution in [3.8, 4) is 0 Å². The smallest absolute Gasteiger partial charge is 0.308 e. The number of hydrogen-bond donors (Lipinski definition) is 0. The molecule has 4 nitrogen and oxygen atoms in total. The maximum atomic E-state index is 12.2. The Morgan fingerprint density at radius 1 is 0.917 bits per heavy atom. The van der Waals surface area contributed by atoms with Crippen molar-refractivity contribution < 1.29 is 19.1 Å². The first-order chi connectivity index (χ1) is 11.5. The first kappa shape index (κ1) is 21.0. The third kappa shape index (κ3) is 8.70. The molecule has 0 heterocycles. The third-order valence-corrected chi connectivity index (χ3v) is 4.80. The van der Waals surface area contributed by atoms with Gasteiger partial charge in [0.05, 0.1) is 25.0 Å². The maximum absolute atomic E-state index is 12.2. The monoisotopic (exact) mass is 340 g/mol. The van der Waals surface area contributed by atoms with Crippen LogP contribution in [0.3, 0.4) is 0 Å². The lowest BCUT2D eigenvalue weighted by Crippen LogP contribution is -2.29. The van der Waals surface area contributed by atoms with Crippen molar-refractivity contribution in [1.29, 1.82) is 0 Å². The van der Waals surface area contributed by atoms with Crippen LogP contribution in [0.4, 0.5) is 0 Å². The zero-order chi connectivity index (χ0) is 17.8. The summed E-state index contributed by atoms with van der Waals surface area (Å²) in [6.45, 7) is 7.26. The highest BCUT2D eigenvalue weighted by molar-refractivity contribution is 5.76. The number of hydrogen-bond acceptors (Lipinski definition) is 4. The first-order valence-electron chi connectivity index (χ1n) is 9.87. The highest BCUT2D eigenvalue weighted by atomic mass is 16.5. The van der Waals surface area contributed by atoms with Crippen molar-refractivity contribution in [1.82, 2.24) is 0 Å². The van der Waals surface area contributed by atoms with E-state index < -0.39 is 0 Å². The largest absolute Gasteiger partial charge is 0.466 e. The van der Waals surface area contributed by atoms with E-state index in [0.717, 1.165) is 38.0 Å². The van der Waals surface area contributed by atoms with E-state index in [9.17, 15) is 9.59 Å². The predicted molar refractivity (Wildman–Crippen MR) is 95.6 cm³/mol. The molecule has 0 radical (unpaired) electrons. The summed E-state index contributed by atoms with van der Waals surface area (Å²) >= 11 is 0. The van der Waals surface area contributed by atoms with Crippen molar-refractivity contribution in [3.63, 3.8) is 0 Å². The molecule has 2 unspecified atom stereocenters. The van der Waals surface area contributed by atoms with Gasteiger partial charge >= 0.3 is 11.9 Å². The number of unbranched alkanes of at least 4 members (excludes halogenated alkanes) is 4. The second-order valence-electron chi connectivity index (χ2n) is 7.43. The van der Waals surface area contributed by atoms with Crippen LogP contribution < -0.4 is 0 Å². The quantitative estimate of drug-likeness (QED) is 0.397. The van der Waals surface area contributed by atoms with Gasteiger partial charge in [-0.1, -0.05) is 52.4 Å². The molecule has 0 amide bonds. The van der Waals surface area contributed by atoms with Crippen molar-refractivity contribution in [2.24, 2.45) is 17.8 Å². The number of carbonyl (C=O) groups excluding carboxylic acids is 2. The van der Waals surface area contributed by atoms with Crippen molar-refractivity contribution in [3.05, 3.63) is 0 Å². The van der Waals surface area contributed by atoms with Crippen molar-refractivity contribution >= 4 is 11.9 Å². The molecule has 0 aromatic rings. The molecule has 2 atom stereocenters. The average molecular weight is 341 g/mol. The van der Waals surface area contributed by atoms with E-state index in [1.165, 1.54) is 25.7 Å². The molecule has 0 aliphatic heterocycles. The van der Waals surface area contributed by atoms with E-state index >= 15 is 0 Å². The summed E-state index contributed by atoms with van der Waals surface area (Å²) in [5.41, 5.74) is 0. The van der Waals surface area contributed by atoms with Crippen LogP contribution in [0.1, 0.15) is 85.0 Å². The fraction of sp³-hybridized carbons (Fsp3) is 0.900. The van der Waals surface area contributed by atoms with Crippen LogP contribution in [0.15, 0.2) is 0 Å². The molecule has 1 fully saturated rings. The summed E-state index contributed by atoms with van der Waals surface area (Å²) in [5, 5.41) is 0. The Bertz CT molecular complexity index is 365. The summed E-state index contributed by atoms with van der Waals surface area (Å²) in [4.78, 5) is 24.0. The number of rotatable bonds is 11. The fourth-order valence-electron chi connectivity index (χ4n) is 3.35. The van der Waals surface area contributed by atoms with Crippen LogP contribution in [0.2, 0.25) is 0 Å². The van der Waals surface area contributed by atoms with Gasteiger partial charge < -0.3 is 9.47 Å². The summed E-state index contributed by atoms with van der Waals surface area (Å²) in [6, 6.07) is 0. The lowest BCUT2D eigenvalue weighted by Gasteiger charge is -2.26. The molecule has 1 aliphatic carbocycles. The Labute approximate surface area is 147 Å². The van der Waals surface area contributed by atoms with Gasteiger partial charge in [-0.05, 0) is 38.5 Å². The van der Waals surface area contributed by atoms with Crippen LogP contribution in [0, 0.1) is 17.8 Å². The molecule has 0 bridgehead atoms. The van der Waals surface area contributed by atoms with E-state index in [0.29, 0.717) is 19.6 Å². The van der Waals surface area contributed by atoms with Crippen LogP contribution in [0.5, 0.6) is 0 Å². The highest BCUT2D eigenvalue weighted by Crippen LogP contribution is 2.30. The Balaban J connectivity index is 2.11. The molecule has 1 rings (SSSR count). The van der Waals surface area contributed by atoms with Gasteiger partial charge in [-0.15, -0.1) is 0 Å². The Morgan fingerprint density at radius 2 is 1.50 bits per heavy atom. The minimum Gasteiger partial charge on any atom is -0.466 e. The Kier molecular flexibility index (Phi) is 10.8. The minimum absolute atomic E-state index is 0.121. The van der Waals surface area contributed by atoms with E-state index in [1.807, 2.05) is 6.92 Å². The zero-order valence-electron chi connectivity index (χ0n) is 15.9. The van der Waals surface area contributed by atoms with Crippen LogP contribution in [0.25, 0.3) is 0 Å². The Hall–Kier alpha value is -1.06. The molecule has 1 saturated carbocycles. The molecule has 140 valence electrons. The van der Waals surface area contributed by atoms with Gasteiger partial charge in [-0.2, -0.15) is 0 Å². The molecule has 0 aromatic heterocycles. The maximum Gasteiger partial charge on any atom is 0.308 e. The van der Waals surface area contributed by atoms with Gasteiger partial charge in [0, 0.05) is 0 Å². The number of esters is 2. The van der Waals surface area contributed by atoms with Crippen molar-refractivity contribution in [2.45, 2.75) is 85.0 Å². The van der Waals surface area contributed by atoms with Crippen molar-refractivity contribution in [2.75, 3.05) is 13.2 Å². The molecule has 0 N–H and O–H groups in total. The summed E-state index contributed by atoms with van der Waals surface area (Å²) in [7, 11) is 0. The third-order valence-electron chi connectivity index (χ3n) is 4.80. The van der Waals surface area contributed by atoms with E-state index in [-0.39, 0.29) is 23.8 Å². The topological polar surface area (TPSA) is 52.6 Å². The van der Waals surface area contributed by atoms with E-state index in [4.69, 9.17) is 9.47 Å². The van der Waals surface area contributed by atoms with Crippen LogP contribution >= 0.6 is 0 Å². The first-order valence-corrected chi connectivity index (χ1v) is 9.87. The minimum atomic E-state index is -0.156. The SMILES string of the molecule is CCOC(=O)C1CCCC(C(=O)OCCCCCCCC(C)C)C1. The molecular weight excluding hydrogens is 304 g/mol. The van der Waals surface area contributed by atoms with Gasteiger partial charge in [0.15, 0.2) is 0 Å². The van der Waals surface area contributed by atoms with Crippen LogP contribution in [-0.4, -0.2) is 25.2 Å². The fourth-order valence-corrected chi connectivity index (χ4v) is 3.35. The van der Waals surface area contributed by atoms with Crippen LogP contribution in [-0.2, 0) is 19.1 Å². The second kappa shape index (κ2) is 12.3. The molecule has 0 spiro atoms. The molecule has 24 heavy (non-hydrogen) atoms. The lowest BCUT2D eigenvalue weighted by molar-refractivity contribution is -0.154. The summed E-state index contributed by atoms with van der Waals surface area (Å²) in [5.74, 6) is 0.261. The average Bonchev–Trinajstić information content (AvgIpc) is 2.57. The molecule has 1 aliphatic rings. The normalized spacial score (nSPS) is 20.8. The lowest BCUT2D eigenvalue weighted by atomic mass is 9.81. The van der Waals surface area contributed by atoms with Gasteiger partial charge in [-0.3, -0.25) is 9.59 Å². The standard InChI is InChI=1S/C20H36O4/c1-4-23-19(21)17-12-10-13-18(15-17)20(22)24-14-9-7-5-6-8-11-16(2)3/h16-18H,4-15H2,1-3H3. The molecule has 4 heteroatoms. The Morgan fingerprint density at radius 3 is 2.12 bits per heavy atom. The predicted octanol–water partition coefficient (Wildman–Crippen LogP) is 4.90. The van der Waals surface area contributed by atoms with Gasteiger partial charge in [0.1, 0.15) is 0 Å². The number of carbonyl (C=O) groups is 2. The molecule has 0 aromatic carbocycles. The van der Waals surface area contributed by atoms with Gasteiger partial charge in [0.25, 0.3) is 0 Å². The van der Waals surface area contributed by atoms with Gasteiger partial charge in [0.2, 0.25) is 0 Å². The van der Waals surface area contributed by atoms with E-state index in [1.54, 1.807) is 0 Å². The summed E-state index contributed by atoms with van der Waals surface area (Å²) < 4.78 is 10.5. The highest BCUT2D eigenvalue weighted by Gasteiger charge is 2.32. The van der Waals surface area contributed by atoms with Gasteiger partial charge in [-0.25, -0.2) is 0 Å². The number of ether oxygens (including phenoxy) is 2.